The van der Waals surface area contributed by atoms with Crippen LogP contribution in [-0.4, -0.2) is 0 Å². The van der Waals surface area contributed by atoms with Crippen molar-refractivity contribution in [1.29, 1.82) is 0 Å². The Kier molecular flexibility index (Phi) is 8.17. The zero-order valence-corrected chi connectivity index (χ0v) is 33.1. The Morgan fingerprint density at radius 1 is 0.295 bits per heavy atom. The van der Waals surface area contributed by atoms with Crippen molar-refractivity contribution in [3.05, 3.63) is 224 Å². The highest BCUT2D eigenvalue weighted by molar-refractivity contribution is 6.23. The van der Waals surface area contributed by atoms with Gasteiger partial charge in [-0.05, 0) is 92.9 Å². The van der Waals surface area contributed by atoms with Crippen molar-refractivity contribution in [2.24, 2.45) is 0 Å². The average molecular weight is 780 g/mol. The molecule has 0 aliphatic rings. The Morgan fingerprint density at radius 3 is 1.51 bits per heavy atom. The molecule has 0 bridgehead atoms. The van der Waals surface area contributed by atoms with Gasteiger partial charge in [0, 0.05) is 43.9 Å². The molecule has 61 heavy (non-hydrogen) atoms. The zero-order valence-electron chi connectivity index (χ0n) is 33.1. The highest BCUT2D eigenvalue weighted by Crippen LogP contribution is 2.48. The van der Waals surface area contributed by atoms with E-state index in [1.54, 1.807) is 0 Å². The van der Waals surface area contributed by atoms with Gasteiger partial charge in [-0.2, -0.15) is 0 Å². The molecule has 286 valence electrons. The lowest BCUT2D eigenvalue weighted by Crippen LogP contribution is -2.10. The second-order valence-electron chi connectivity index (χ2n) is 15.6. The third-order valence-electron chi connectivity index (χ3n) is 12.1. The maximum Gasteiger partial charge on any atom is 0.159 e. The molecule has 0 fully saturated rings. The molecule has 12 aromatic rings. The van der Waals surface area contributed by atoms with Crippen molar-refractivity contribution in [3.63, 3.8) is 0 Å². The molecule has 2 aromatic heterocycles. The van der Waals surface area contributed by atoms with Crippen LogP contribution in [0.15, 0.2) is 233 Å². The van der Waals surface area contributed by atoms with Crippen molar-refractivity contribution in [2.75, 3.05) is 4.90 Å². The van der Waals surface area contributed by atoms with Gasteiger partial charge in [-0.3, -0.25) is 0 Å². The van der Waals surface area contributed by atoms with Crippen LogP contribution in [0.25, 0.3) is 99.2 Å². The largest absolute Gasteiger partial charge is 0.455 e. The smallest absolute Gasteiger partial charge is 0.159 e. The van der Waals surface area contributed by atoms with Gasteiger partial charge in [-0.25, -0.2) is 0 Å². The average Bonchev–Trinajstić information content (AvgIpc) is 3.92. The molecule has 2 heterocycles. The summed E-state index contributed by atoms with van der Waals surface area (Å²) in [6.07, 6.45) is 0. The van der Waals surface area contributed by atoms with Crippen LogP contribution in [-0.2, 0) is 0 Å². The van der Waals surface area contributed by atoms with Gasteiger partial charge in [-0.15, -0.1) is 0 Å². The first-order valence-electron chi connectivity index (χ1n) is 20.7. The number of benzene rings is 10. The van der Waals surface area contributed by atoms with Crippen molar-refractivity contribution in [1.82, 2.24) is 0 Å². The van der Waals surface area contributed by atoms with E-state index in [0.717, 1.165) is 88.6 Å². The molecule has 0 amide bonds. The second-order valence-corrected chi connectivity index (χ2v) is 15.6. The summed E-state index contributed by atoms with van der Waals surface area (Å²) in [5.41, 5.74) is 15.8. The summed E-state index contributed by atoms with van der Waals surface area (Å²) in [4.78, 5) is 2.31. The van der Waals surface area contributed by atoms with E-state index in [1.807, 2.05) is 12.1 Å². The second kappa shape index (κ2) is 14.3. The van der Waals surface area contributed by atoms with Crippen LogP contribution in [0.4, 0.5) is 17.1 Å². The molecular formula is C58H37NO2. The fourth-order valence-corrected chi connectivity index (χ4v) is 9.25. The Labute approximate surface area is 353 Å². The molecule has 12 rings (SSSR count). The van der Waals surface area contributed by atoms with Gasteiger partial charge < -0.3 is 13.7 Å². The van der Waals surface area contributed by atoms with E-state index in [2.05, 4.69) is 217 Å². The van der Waals surface area contributed by atoms with Crippen molar-refractivity contribution >= 4 is 71.7 Å². The summed E-state index contributed by atoms with van der Waals surface area (Å²) in [5.74, 6) is 0. The number of hydrogen-bond donors (Lipinski definition) is 0. The Hall–Kier alpha value is -8.14. The minimum absolute atomic E-state index is 0.853. The van der Waals surface area contributed by atoms with Crippen LogP contribution >= 0.6 is 0 Å². The first kappa shape index (κ1) is 34.9. The number of nitrogens with zero attached hydrogens (tertiary/aromatic N) is 1. The maximum absolute atomic E-state index is 6.84. The molecular weight excluding hydrogens is 743 g/mol. The number of anilines is 3. The summed E-state index contributed by atoms with van der Waals surface area (Å²) in [6, 6.07) is 79.7. The van der Waals surface area contributed by atoms with E-state index in [1.165, 1.54) is 27.6 Å². The van der Waals surface area contributed by atoms with Crippen LogP contribution in [0.1, 0.15) is 0 Å². The predicted molar refractivity (Wildman–Crippen MR) is 255 cm³/mol. The van der Waals surface area contributed by atoms with E-state index in [4.69, 9.17) is 8.83 Å². The first-order chi connectivity index (χ1) is 30.3. The lowest BCUT2D eigenvalue weighted by Gasteiger charge is -2.26. The van der Waals surface area contributed by atoms with E-state index in [9.17, 15) is 0 Å². The molecule has 0 aliphatic carbocycles. The number of furan rings is 2. The standard InChI is InChI=1S/C58H37NO2/c1-4-15-38(16-5-1)39-27-31-43(32-28-39)59(52-25-14-24-49-47-22-12-13-26-53(47)60-58(49)52)44-33-29-41(30-34-44)45-35-36-54-56(55(45)42-19-8-3-9-20-42)51-37-50(40-17-6-2-7-18-40)46-21-10-11-23-48(46)57(51)61-54/h1-37H. The number of rotatable bonds is 7. The van der Waals surface area contributed by atoms with E-state index < -0.39 is 0 Å². The van der Waals surface area contributed by atoms with Crippen LogP contribution in [0, 0.1) is 0 Å². The lowest BCUT2D eigenvalue weighted by atomic mass is 9.89. The van der Waals surface area contributed by atoms with Crippen LogP contribution in [0.5, 0.6) is 0 Å². The quantitative estimate of drug-likeness (QED) is 0.161. The predicted octanol–water partition coefficient (Wildman–Crippen LogP) is 16.8. The number of hydrogen-bond acceptors (Lipinski definition) is 3. The molecule has 0 radical (unpaired) electrons. The molecule has 0 saturated carbocycles. The monoisotopic (exact) mass is 779 g/mol. The van der Waals surface area contributed by atoms with E-state index >= 15 is 0 Å². The van der Waals surface area contributed by atoms with Gasteiger partial charge in [-0.1, -0.05) is 176 Å². The molecule has 0 saturated heterocycles. The minimum Gasteiger partial charge on any atom is -0.455 e. The fourth-order valence-electron chi connectivity index (χ4n) is 9.25. The fraction of sp³-hybridized carbons (Fsp3) is 0. The first-order valence-corrected chi connectivity index (χ1v) is 20.7. The van der Waals surface area contributed by atoms with Crippen molar-refractivity contribution in [3.8, 4) is 44.5 Å². The molecule has 3 nitrogen and oxygen atoms in total. The van der Waals surface area contributed by atoms with Crippen LogP contribution in [0.2, 0.25) is 0 Å². The Morgan fingerprint density at radius 2 is 0.803 bits per heavy atom. The molecule has 3 heteroatoms. The van der Waals surface area contributed by atoms with E-state index in [0.29, 0.717) is 0 Å². The van der Waals surface area contributed by atoms with Crippen LogP contribution < -0.4 is 4.90 Å². The highest BCUT2D eigenvalue weighted by Gasteiger charge is 2.23. The van der Waals surface area contributed by atoms with Crippen molar-refractivity contribution in [2.45, 2.75) is 0 Å². The molecule has 10 aromatic carbocycles. The topological polar surface area (TPSA) is 29.5 Å². The van der Waals surface area contributed by atoms with Gasteiger partial charge in [0.2, 0.25) is 0 Å². The highest BCUT2D eigenvalue weighted by atomic mass is 16.3. The molecule has 0 aliphatic heterocycles. The maximum atomic E-state index is 6.84. The molecule has 0 unspecified atom stereocenters. The third-order valence-corrected chi connectivity index (χ3v) is 12.1. The van der Waals surface area contributed by atoms with Gasteiger partial charge >= 0.3 is 0 Å². The normalized spacial score (nSPS) is 11.6. The van der Waals surface area contributed by atoms with Gasteiger partial charge in [0.05, 0.1) is 5.69 Å². The number of fused-ring (bicyclic) bond motifs is 8. The molecule has 0 atom stereocenters. The third kappa shape index (κ3) is 5.82. The van der Waals surface area contributed by atoms with Crippen LogP contribution in [0.3, 0.4) is 0 Å². The van der Waals surface area contributed by atoms with Crippen molar-refractivity contribution < 1.29 is 8.83 Å². The summed E-state index contributed by atoms with van der Waals surface area (Å²) in [7, 11) is 0. The van der Waals surface area contributed by atoms with E-state index in [-0.39, 0.29) is 0 Å². The van der Waals surface area contributed by atoms with Gasteiger partial charge in [0.1, 0.15) is 16.7 Å². The Bertz CT molecular complexity index is 3550. The minimum atomic E-state index is 0.853. The molecule has 0 N–H and O–H groups in total. The Balaban J connectivity index is 1.05. The summed E-state index contributed by atoms with van der Waals surface area (Å²) < 4.78 is 13.5. The number of para-hydroxylation sites is 2. The lowest BCUT2D eigenvalue weighted by molar-refractivity contribution is 0.669. The SMILES string of the molecule is c1ccc(-c2ccc(N(c3ccc(-c4ccc5oc6c7ccccc7c(-c7ccccc7)cc6c5c4-c4ccccc4)cc3)c3cccc4c3oc3ccccc34)cc2)cc1. The summed E-state index contributed by atoms with van der Waals surface area (Å²) in [5, 5.41) is 6.70. The zero-order chi connectivity index (χ0) is 40.3. The van der Waals surface area contributed by atoms with Gasteiger partial charge in [0.25, 0.3) is 0 Å². The molecule has 0 spiro atoms. The summed E-state index contributed by atoms with van der Waals surface area (Å²) in [6.45, 7) is 0. The summed E-state index contributed by atoms with van der Waals surface area (Å²) >= 11 is 0. The van der Waals surface area contributed by atoms with Gasteiger partial charge in [0.15, 0.2) is 5.58 Å².